The number of hydrogen-bond donors (Lipinski definition) is 2. The first kappa shape index (κ1) is 17.9. The van der Waals surface area contributed by atoms with E-state index in [2.05, 4.69) is 5.32 Å². The summed E-state index contributed by atoms with van der Waals surface area (Å²) < 4.78 is 0. The minimum Gasteiger partial charge on any atom is -0.399 e. The highest BCUT2D eigenvalue weighted by atomic mass is 32.2. The summed E-state index contributed by atoms with van der Waals surface area (Å²) in [5, 5.41) is 3.06. The zero-order valence-corrected chi connectivity index (χ0v) is 15.3. The second-order valence-electron chi connectivity index (χ2n) is 6.67. The minimum atomic E-state index is -0.243. The third kappa shape index (κ3) is 5.27. The van der Waals surface area contributed by atoms with Crippen LogP contribution in [0.1, 0.15) is 49.3 Å². The maximum absolute atomic E-state index is 13.0. The van der Waals surface area contributed by atoms with E-state index in [1.165, 1.54) is 25.7 Å². The van der Waals surface area contributed by atoms with Crippen molar-refractivity contribution in [2.24, 2.45) is 0 Å². The highest BCUT2D eigenvalue weighted by molar-refractivity contribution is 8.00. The van der Waals surface area contributed by atoms with Gasteiger partial charge in [-0.15, -0.1) is 11.8 Å². The normalized spacial score (nSPS) is 16.8. The molecule has 0 aromatic heterocycles. The second-order valence-corrected chi connectivity index (χ2v) is 7.85. The Bertz CT molecular complexity index is 664. The van der Waals surface area contributed by atoms with Gasteiger partial charge in [0.1, 0.15) is 5.25 Å². The lowest BCUT2D eigenvalue weighted by Crippen LogP contribution is -2.37. The molecule has 1 atom stereocenters. The molecule has 1 saturated carbocycles. The molecule has 25 heavy (non-hydrogen) atoms. The van der Waals surface area contributed by atoms with Gasteiger partial charge in [0, 0.05) is 16.6 Å². The molecule has 3 rings (SSSR count). The zero-order chi connectivity index (χ0) is 17.5. The van der Waals surface area contributed by atoms with Gasteiger partial charge in [0.15, 0.2) is 0 Å². The molecule has 1 aliphatic carbocycles. The van der Waals surface area contributed by atoms with Crippen molar-refractivity contribution in [2.45, 2.75) is 54.7 Å². The van der Waals surface area contributed by atoms with Crippen LogP contribution in [0.2, 0.25) is 0 Å². The highest BCUT2D eigenvalue weighted by Crippen LogP contribution is 2.36. The number of hydrogen-bond acceptors (Lipinski definition) is 3. The number of nitrogens with two attached hydrogens (primary N) is 1. The summed E-state index contributed by atoms with van der Waals surface area (Å²) in [4.78, 5) is 14.1. The Hall–Kier alpha value is -1.94. The van der Waals surface area contributed by atoms with Gasteiger partial charge in [-0.1, -0.05) is 56.0 Å². The van der Waals surface area contributed by atoms with Gasteiger partial charge in [-0.2, -0.15) is 0 Å². The predicted octanol–water partition coefficient (Wildman–Crippen LogP) is 4.94. The Morgan fingerprint density at radius 2 is 1.60 bits per heavy atom. The molecule has 3 nitrogen and oxygen atoms in total. The Morgan fingerprint density at radius 3 is 2.24 bits per heavy atom. The SMILES string of the molecule is Nc1ccc(SC(C(=O)NC2CCCCCC2)c2ccccc2)cc1. The van der Waals surface area contributed by atoms with Crippen molar-refractivity contribution in [3.05, 3.63) is 60.2 Å². The standard InChI is InChI=1S/C21H26N2OS/c22-17-12-14-19(15-13-17)25-20(16-8-4-3-5-9-16)21(24)23-18-10-6-1-2-7-11-18/h3-5,8-9,12-15,18,20H,1-2,6-7,10-11,22H2,(H,23,24). The van der Waals surface area contributed by atoms with E-state index in [0.717, 1.165) is 29.0 Å². The molecule has 132 valence electrons. The van der Waals surface area contributed by atoms with Gasteiger partial charge in [-0.3, -0.25) is 4.79 Å². The molecule has 0 radical (unpaired) electrons. The van der Waals surface area contributed by atoms with Crippen molar-refractivity contribution in [2.75, 3.05) is 5.73 Å². The Morgan fingerprint density at radius 1 is 0.960 bits per heavy atom. The van der Waals surface area contributed by atoms with Crippen molar-refractivity contribution in [1.82, 2.24) is 5.32 Å². The highest BCUT2D eigenvalue weighted by Gasteiger charge is 2.24. The van der Waals surface area contributed by atoms with E-state index in [-0.39, 0.29) is 11.2 Å². The molecule has 2 aromatic carbocycles. The van der Waals surface area contributed by atoms with E-state index < -0.39 is 0 Å². The number of nitrogens with one attached hydrogen (secondary N) is 1. The molecule has 3 N–H and O–H groups in total. The summed E-state index contributed by atoms with van der Waals surface area (Å²) in [5.41, 5.74) is 7.56. The molecule has 2 aromatic rings. The number of amides is 1. The maximum atomic E-state index is 13.0. The van der Waals surface area contributed by atoms with Crippen LogP contribution in [0.3, 0.4) is 0 Å². The summed E-state index contributed by atoms with van der Waals surface area (Å²) in [6.07, 6.45) is 7.20. The lowest BCUT2D eigenvalue weighted by molar-refractivity contribution is -0.121. The fourth-order valence-corrected chi connectivity index (χ4v) is 4.32. The van der Waals surface area contributed by atoms with Gasteiger partial charge in [0.05, 0.1) is 0 Å². The molecule has 0 bridgehead atoms. The maximum Gasteiger partial charge on any atom is 0.238 e. The lowest BCUT2D eigenvalue weighted by Gasteiger charge is -2.22. The molecule has 4 heteroatoms. The van der Waals surface area contributed by atoms with Crippen molar-refractivity contribution in [3.8, 4) is 0 Å². The summed E-state index contributed by atoms with van der Waals surface area (Å²) in [6.45, 7) is 0. The third-order valence-electron chi connectivity index (χ3n) is 4.68. The monoisotopic (exact) mass is 354 g/mol. The van der Waals surface area contributed by atoms with Gasteiger partial charge in [0.2, 0.25) is 5.91 Å². The number of carbonyl (C=O) groups is 1. The van der Waals surface area contributed by atoms with Crippen molar-refractivity contribution in [1.29, 1.82) is 0 Å². The Balaban J connectivity index is 1.75. The molecule has 1 fully saturated rings. The predicted molar refractivity (Wildman–Crippen MR) is 106 cm³/mol. The summed E-state index contributed by atoms with van der Waals surface area (Å²) in [7, 11) is 0. The lowest BCUT2D eigenvalue weighted by atomic mass is 10.1. The molecule has 1 unspecified atom stereocenters. The average molecular weight is 355 g/mol. The van der Waals surface area contributed by atoms with Gasteiger partial charge >= 0.3 is 0 Å². The molecule has 0 spiro atoms. The van der Waals surface area contributed by atoms with Crippen molar-refractivity contribution >= 4 is 23.4 Å². The number of anilines is 1. The van der Waals surface area contributed by atoms with Crippen LogP contribution in [0.15, 0.2) is 59.5 Å². The van der Waals surface area contributed by atoms with E-state index in [4.69, 9.17) is 5.73 Å². The van der Waals surface area contributed by atoms with Crippen LogP contribution >= 0.6 is 11.8 Å². The number of thioether (sulfide) groups is 1. The van der Waals surface area contributed by atoms with Crippen LogP contribution in [0.25, 0.3) is 0 Å². The van der Waals surface area contributed by atoms with E-state index in [1.807, 2.05) is 54.6 Å². The molecule has 1 aliphatic rings. The van der Waals surface area contributed by atoms with Gasteiger partial charge in [-0.25, -0.2) is 0 Å². The van der Waals surface area contributed by atoms with Crippen LogP contribution < -0.4 is 11.1 Å². The van der Waals surface area contributed by atoms with Gasteiger partial charge in [-0.05, 0) is 42.7 Å². The second kappa shape index (κ2) is 8.95. The smallest absolute Gasteiger partial charge is 0.238 e. The average Bonchev–Trinajstić information content (AvgIpc) is 2.90. The number of nitrogen functional groups attached to an aromatic ring is 1. The molecule has 0 aliphatic heterocycles. The van der Waals surface area contributed by atoms with Crippen molar-refractivity contribution < 1.29 is 4.79 Å². The van der Waals surface area contributed by atoms with Crippen LogP contribution in [-0.2, 0) is 4.79 Å². The number of rotatable bonds is 5. The quantitative estimate of drug-likeness (QED) is 0.454. The van der Waals surface area contributed by atoms with E-state index in [0.29, 0.717) is 6.04 Å². The fourth-order valence-electron chi connectivity index (χ4n) is 3.28. The largest absolute Gasteiger partial charge is 0.399 e. The minimum absolute atomic E-state index is 0.111. The summed E-state index contributed by atoms with van der Waals surface area (Å²) in [6, 6.07) is 18.1. The number of carbonyl (C=O) groups excluding carboxylic acids is 1. The van der Waals surface area contributed by atoms with Crippen LogP contribution in [0.5, 0.6) is 0 Å². The fraction of sp³-hybridized carbons (Fsp3) is 0.381. The first-order valence-corrected chi connectivity index (χ1v) is 9.98. The van der Waals surface area contributed by atoms with Gasteiger partial charge in [0.25, 0.3) is 0 Å². The Kier molecular flexibility index (Phi) is 6.40. The van der Waals surface area contributed by atoms with Crippen LogP contribution in [0, 0.1) is 0 Å². The first-order chi connectivity index (χ1) is 12.2. The summed E-state index contributed by atoms with van der Waals surface area (Å²) >= 11 is 1.58. The zero-order valence-electron chi connectivity index (χ0n) is 14.5. The molecule has 0 saturated heterocycles. The first-order valence-electron chi connectivity index (χ1n) is 9.10. The molecular formula is C21H26N2OS. The van der Waals surface area contributed by atoms with Crippen LogP contribution in [-0.4, -0.2) is 11.9 Å². The van der Waals surface area contributed by atoms with E-state index in [9.17, 15) is 4.79 Å². The molecular weight excluding hydrogens is 328 g/mol. The van der Waals surface area contributed by atoms with Gasteiger partial charge < -0.3 is 11.1 Å². The summed E-state index contributed by atoms with van der Waals surface area (Å²) in [5.74, 6) is 0.111. The van der Waals surface area contributed by atoms with E-state index in [1.54, 1.807) is 11.8 Å². The van der Waals surface area contributed by atoms with Crippen molar-refractivity contribution in [3.63, 3.8) is 0 Å². The topological polar surface area (TPSA) is 55.1 Å². The third-order valence-corrected chi connectivity index (χ3v) is 5.94. The number of benzene rings is 2. The van der Waals surface area contributed by atoms with Crippen LogP contribution in [0.4, 0.5) is 5.69 Å². The molecule has 1 amide bonds. The molecule has 0 heterocycles. The van der Waals surface area contributed by atoms with E-state index >= 15 is 0 Å². The Labute approximate surface area is 154 Å².